The molecule has 3 aromatic rings. The van der Waals surface area contributed by atoms with E-state index in [0.717, 1.165) is 22.7 Å². The lowest BCUT2D eigenvalue weighted by Gasteiger charge is -2.10. The number of imidazole rings is 1. The van der Waals surface area contributed by atoms with Crippen LogP contribution in [0.3, 0.4) is 0 Å². The van der Waals surface area contributed by atoms with Crippen molar-refractivity contribution < 1.29 is 8.78 Å². The van der Waals surface area contributed by atoms with E-state index in [9.17, 15) is 14.0 Å². The van der Waals surface area contributed by atoms with Gasteiger partial charge in [-0.1, -0.05) is 29.9 Å². The van der Waals surface area contributed by atoms with Gasteiger partial charge in [0.2, 0.25) is 0 Å². The highest BCUT2D eigenvalue weighted by atomic mass is 35.5. The number of alkyl halides is 2. The van der Waals surface area contributed by atoms with Crippen LogP contribution in [0.5, 0.6) is 0 Å². The Morgan fingerprint density at radius 1 is 1.54 bits per heavy atom. The van der Waals surface area contributed by atoms with E-state index in [1.165, 1.54) is 11.9 Å². The van der Waals surface area contributed by atoms with E-state index in [1.807, 2.05) is 6.92 Å². The Labute approximate surface area is 160 Å². The smallest absolute Gasteiger partial charge is 0.291 e. The van der Waals surface area contributed by atoms with Crippen LogP contribution in [0, 0.1) is 17.2 Å². The van der Waals surface area contributed by atoms with Gasteiger partial charge in [0.1, 0.15) is 5.54 Å². The predicted molar refractivity (Wildman–Crippen MR) is 95.2 cm³/mol. The first-order valence-corrected chi connectivity index (χ1v) is 9.58. The largest absolute Gasteiger partial charge is 0.295 e. The summed E-state index contributed by atoms with van der Waals surface area (Å²) in [5.41, 5.74) is 0.115. The Kier molecular flexibility index (Phi) is 4.35. The third kappa shape index (κ3) is 2.95. The van der Waals surface area contributed by atoms with E-state index in [4.69, 9.17) is 11.6 Å². The molecule has 3 aromatic heterocycles. The monoisotopic (exact) mass is 412 g/mol. The minimum absolute atomic E-state index is 0.288. The number of hydrogen-bond acceptors (Lipinski definition) is 7. The second-order valence-electron chi connectivity index (χ2n) is 6.00. The molecular weight excluding hydrogens is 402 g/mol. The molecule has 26 heavy (non-hydrogen) atoms. The van der Waals surface area contributed by atoms with Crippen molar-refractivity contribution in [3.05, 3.63) is 28.5 Å². The summed E-state index contributed by atoms with van der Waals surface area (Å²) in [6.45, 7) is 2.01. The molecule has 0 aliphatic heterocycles. The van der Waals surface area contributed by atoms with Gasteiger partial charge < -0.3 is 0 Å². The molecule has 1 aliphatic carbocycles. The summed E-state index contributed by atoms with van der Waals surface area (Å²) in [4.78, 5) is 5.02. The lowest BCUT2D eigenvalue weighted by Crippen LogP contribution is -2.24. The number of fused-ring (bicyclic) bond motifs is 1. The van der Waals surface area contributed by atoms with Gasteiger partial charge in [-0.3, -0.25) is 4.40 Å². The van der Waals surface area contributed by atoms with Crippen molar-refractivity contribution in [2.24, 2.45) is 5.92 Å². The number of halogens is 3. The highest BCUT2D eigenvalue weighted by Crippen LogP contribution is 2.44. The molecule has 0 saturated heterocycles. The summed E-state index contributed by atoms with van der Waals surface area (Å²) >= 11 is 8.43. The van der Waals surface area contributed by atoms with Crippen LogP contribution in [0.25, 0.3) is 16.3 Å². The average molecular weight is 413 g/mol. The quantitative estimate of drug-likeness (QED) is 0.628. The fourth-order valence-electron chi connectivity index (χ4n) is 2.55. The molecule has 1 saturated carbocycles. The first kappa shape index (κ1) is 17.6. The average Bonchev–Trinajstić information content (AvgIpc) is 2.98. The normalized spacial score (nSPS) is 22.1. The molecule has 1 N–H and O–H groups in total. The van der Waals surface area contributed by atoms with E-state index in [-0.39, 0.29) is 15.9 Å². The van der Waals surface area contributed by atoms with Gasteiger partial charge in [-0.25, -0.2) is 18.5 Å². The van der Waals surface area contributed by atoms with Crippen molar-refractivity contribution in [2.45, 2.75) is 30.2 Å². The highest BCUT2D eigenvalue weighted by molar-refractivity contribution is 7.97. The fraction of sp³-hybridized carbons (Fsp3) is 0.333. The van der Waals surface area contributed by atoms with Gasteiger partial charge in [0.25, 0.3) is 6.43 Å². The van der Waals surface area contributed by atoms with E-state index >= 15 is 0 Å². The van der Waals surface area contributed by atoms with E-state index < -0.39 is 12.0 Å². The zero-order valence-electron chi connectivity index (χ0n) is 13.3. The standard InChI is InChI=1S/C15H11ClF2N6S2/c1-7-3-15(7,6-19)23-26-8-2-9(16)10-4-20-12(24(10)5-8)14-22-21-13(25-14)11(17)18/h2,4-5,7,11,23H,3H2,1H3/t7-,15?/m1/s1. The third-order valence-corrected chi connectivity index (χ3v) is 6.40. The Balaban J connectivity index is 1.68. The van der Waals surface area contributed by atoms with Gasteiger partial charge in [0.05, 0.1) is 22.8 Å². The maximum atomic E-state index is 12.8. The summed E-state index contributed by atoms with van der Waals surface area (Å²) < 4.78 is 30.4. The van der Waals surface area contributed by atoms with Crippen LogP contribution in [0.1, 0.15) is 24.8 Å². The molecule has 3 heterocycles. The molecule has 1 unspecified atom stereocenters. The SMILES string of the molecule is C[C@@H]1CC1(C#N)NSc1cc(Cl)c2cnc(-c3nnc(C(F)F)s3)n2c1. The number of pyridine rings is 1. The Bertz CT molecular complexity index is 1030. The van der Waals surface area contributed by atoms with Gasteiger partial charge in [-0.15, -0.1) is 10.2 Å². The fourth-order valence-corrected chi connectivity index (χ4v) is 4.53. The lowest BCUT2D eigenvalue weighted by molar-refractivity contribution is 0.150. The molecule has 4 rings (SSSR count). The minimum atomic E-state index is -2.67. The number of rotatable bonds is 5. The maximum Gasteiger partial charge on any atom is 0.291 e. The molecule has 1 fully saturated rings. The van der Waals surface area contributed by atoms with Crippen LogP contribution >= 0.6 is 34.9 Å². The highest BCUT2D eigenvalue weighted by Gasteiger charge is 2.52. The van der Waals surface area contributed by atoms with Gasteiger partial charge >= 0.3 is 0 Å². The number of hydrogen-bond donors (Lipinski definition) is 1. The zero-order valence-corrected chi connectivity index (χ0v) is 15.7. The number of aromatic nitrogens is 4. The van der Waals surface area contributed by atoms with Gasteiger partial charge in [-0.05, 0) is 30.4 Å². The Morgan fingerprint density at radius 2 is 2.31 bits per heavy atom. The second-order valence-corrected chi connectivity index (χ2v) is 8.30. The topological polar surface area (TPSA) is 78.9 Å². The Hall–Kier alpha value is -1.80. The van der Waals surface area contributed by atoms with Crippen LogP contribution < -0.4 is 4.72 Å². The maximum absolute atomic E-state index is 12.8. The van der Waals surface area contributed by atoms with Crippen LogP contribution in [0.15, 0.2) is 23.4 Å². The van der Waals surface area contributed by atoms with Gasteiger partial charge in [0.15, 0.2) is 15.8 Å². The van der Waals surface area contributed by atoms with Crippen molar-refractivity contribution >= 4 is 40.4 Å². The molecule has 6 nitrogen and oxygen atoms in total. The summed E-state index contributed by atoms with van der Waals surface area (Å²) in [6.07, 6.45) is 1.46. The molecule has 0 bridgehead atoms. The van der Waals surface area contributed by atoms with E-state index in [1.54, 1.807) is 22.9 Å². The first-order chi connectivity index (χ1) is 12.4. The Morgan fingerprint density at radius 3 is 2.92 bits per heavy atom. The molecule has 11 heteroatoms. The molecular formula is C15H11ClF2N6S2. The minimum Gasteiger partial charge on any atom is -0.295 e. The number of nitrogens with one attached hydrogen (secondary N) is 1. The van der Waals surface area contributed by atoms with E-state index in [0.29, 0.717) is 16.4 Å². The van der Waals surface area contributed by atoms with E-state index in [2.05, 4.69) is 26.0 Å². The van der Waals surface area contributed by atoms with Gasteiger partial charge in [0, 0.05) is 11.1 Å². The summed E-state index contributed by atoms with van der Waals surface area (Å²) in [6, 6.07) is 4.06. The van der Waals surface area contributed by atoms with Gasteiger partial charge in [-0.2, -0.15) is 5.26 Å². The molecule has 134 valence electrons. The number of nitrogens with zero attached hydrogens (tertiary/aromatic N) is 5. The molecule has 1 aliphatic rings. The van der Waals surface area contributed by atoms with Crippen molar-refractivity contribution in [3.8, 4) is 16.9 Å². The molecule has 2 atom stereocenters. The molecule has 0 amide bonds. The second kappa shape index (κ2) is 6.42. The molecule has 0 spiro atoms. The zero-order chi connectivity index (χ0) is 18.5. The predicted octanol–water partition coefficient (Wildman–Crippen LogP) is 4.34. The lowest BCUT2D eigenvalue weighted by atomic mass is 10.3. The summed E-state index contributed by atoms with van der Waals surface area (Å²) in [5, 5.41) is 17.0. The summed E-state index contributed by atoms with van der Waals surface area (Å²) in [7, 11) is 0. The van der Waals surface area contributed by atoms with Crippen LogP contribution in [-0.2, 0) is 0 Å². The third-order valence-electron chi connectivity index (χ3n) is 4.25. The van der Waals surface area contributed by atoms with Crippen LogP contribution in [0.2, 0.25) is 5.02 Å². The first-order valence-electron chi connectivity index (χ1n) is 7.57. The molecule has 0 radical (unpaired) electrons. The van der Waals surface area contributed by atoms with Crippen molar-refractivity contribution in [1.82, 2.24) is 24.3 Å². The molecule has 0 aromatic carbocycles. The summed E-state index contributed by atoms with van der Waals surface area (Å²) in [5.74, 6) is 0.681. The number of nitriles is 1. The van der Waals surface area contributed by atoms with Crippen molar-refractivity contribution in [3.63, 3.8) is 0 Å². The van der Waals surface area contributed by atoms with Crippen molar-refractivity contribution in [1.29, 1.82) is 5.26 Å². The van der Waals surface area contributed by atoms with Crippen LogP contribution in [0.4, 0.5) is 8.78 Å². The van der Waals surface area contributed by atoms with Crippen LogP contribution in [-0.4, -0.2) is 25.1 Å². The van der Waals surface area contributed by atoms with Crippen molar-refractivity contribution in [2.75, 3.05) is 0 Å².